The van der Waals surface area contributed by atoms with Crippen LogP contribution >= 0.6 is 12.2 Å². The zero-order valence-electron chi connectivity index (χ0n) is 10.3. The minimum absolute atomic E-state index is 0.0407. The Hall–Kier alpha value is -1.51. The van der Waals surface area contributed by atoms with Crippen molar-refractivity contribution in [3.05, 3.63) is 35.4 Å². The molecule has 8 heteroatoms. The topological polar surface area (TPSA) is 101 Å². The molecule has 0 aliphatic heterocycles. The lowest BCUT2D eigenvalue weighted by atomic mass is 10.1. The maximum Gasteiger partial charge on any atom is 0.251 e. The molecule has 1 aromatic rings. The molecule has 1 aromatic carbocycles. The van der Waals surface area contributed by atoms with Crippen LogP contribution in [0.2, 0.25) is 0 Å². The van der Waals surface area contributed by atoms with Gasteiger partial charge in [-0.2, -0.15) is 0 Å². The highest BCUT2D eigenvalue weighted by Crippen LogP contribution is 2.04. The monoisotopic (exact) mass is 301 g/mol. The molecule has 0 saturated carbocycles. The summed E-state index contributed by atoms with van der Waals surface area (Å²) in [6.45, 7) is 0.0407. The van der Waals surface area contributed by atoms with E-state index in [9.17, 15) is 13.2 Å². The molecule has 0 saturated heterocycles. The van der Waals surface area contributed by atoms with Crippen molar-refractivity contribution in [1.82, 2.24) is 10.0 Å². The fourth-order valence-electron chi connectivity index (χ4n) is 1.29. The van der Waals surface area contributed by atoms with Gasteiger partial charge < -0.3 is 11.1 Å². The molecule has 0 aliphatic carbocycles. The molecule has 4 N–H and O–H groups in total. The van der Waals surface area contributed by atoms with E-state index in [-0.39, 0.29) is 23.2 Å². The summed E-state index contributed by atoms with van der Waals surface area (Å²) in [6.07, 6.45) is 0. The number of hydrogen-bond donors (Lipinski definition) is 3. The number of benzene rings is 1. The molecule has 0 unspecified atom stereocenters. The number of nitrogens with one attached hydrogen (secondary N) is 2. The average Bonchev–Trinajstić information content (AvgIpc) is 2.38. The molecule has 0 spiro atoms. The smallest absolute Gasteiger partial charge is 0.251 e. The Kier molecular flexibility index (Phi) is 5.40. The number of thiocarbonyl (C=S) groups is 1. The predicted octanol–water partition coefficient (Wildman–Crippen LogP) is -0.400. The second-order valence-electron chi connectivity index (χ2n) is 3.72. The Morgan fingerprint density at radius 1 is 1.26 bits per heavy atom. The summed E-state index contributed by atoms with van der Waals surface area (Å²) in [4.78, 5) is 12.0. The van der Waals surface area contributed by atoms with E-state index in [0.717, 1.165) is 0 Å². The van der Waals surface area contributed by atoms with Gasteiger partial charge in [-0.1, -0.05) is 24.4 Å². The molecule has 0 bridgehead atoms. The molecule has 0 fully saturated rings. The Labute approximate surface area is 117 Å². The Morgan fingerprint density at radius 2 is 1.79 bits per heavy atom. The van der Waals surface area contributed by atoms with Gasteiger partial charge >= 0.3 is 0 Å². The van der Waals surface area contributed by atoms with Crippen LogP contribution in [0.1, 0.15) is 15.9 Å². The van der Waals surface area contributed by atoms with Gasteiger partial charge in [-0.15, -0.1) is 0 Å². The number of carbonyl (C=O) groups excluding carboxylic acids is 1. The quantitative estimate of drug-likeness (QED) is 0.621. The van der Waals surface area contributed by atoms with Gasteiger partial charge in [0.2, 0.25) is 10.0 Å². The standard InChI is InChI=1S/C11H15N3O3S2/c1-13-19(16,17)7-6-14-11(15)9-4-2-8(3-5-9)10(12)18/h2-5,13H,6-7H2,1H3,(H2,12,18)(H,14,15). The van der Waals surface area contributed by atoms with Crippen LogP contribution in [0.5, 0.6) is 0 Å². The van der Waals surface area contributed by atoms with E-state index in [0.29, 0.717) is 11.1 Å². The molecule has 19 heavy (non-hydrogen) atoms. The number of nitrogens with two attached hydrogens (primary N) is 1. The van der Waals surface area contributed by atoms with Gasteiger partial charge in [-0.05, 0) is 19.2 Å². The van der Waals surface area contributed by atoms with Crippen molar-refractivity contribution in [2.24, 2.45) is 5.73 Å². The fourth-order valence-corrected chi connectivity index (χ4v) is 2.00. The Balaban J connectivity index is 2.57. The average molecular weight is 301 g/mol. The number of hydrogen-bond acceptors (Lipinski definition) is 4. The molecule has 0 atom stereocenters. The maximum absolute atomic E-state index is 11.7. The van der Waals surface area contributed by atoms with Crippen molar-refractivity contribution in [3.63, 3.8) is 0 Å². The van der Waals surface area contributed by atoms with Crippen molar-refractivity contribution >= 4 is 33.1 Å². The van der Waals surface area contributed by atoms with Crippen LogP contribution in [0.3, 0.4) is 0 Å². The number of sulfonamides is 1. The summed E-state index contributed by atoms with van der Waals surface area (Å²) in [5.41, 5.74) is 6.53. The first-order chi connectivity index (χ1) is 8.85. The van der Waals surface area contributed by atoms with Gasteiger partial charge in [0.25, 0.3) is 5.91 Å². The molecule has 0 heterocycles. The van der Waals surface area contributed by atoms with Crippen molar-refractivity contribution in [1.29, 1.82) is 0 Å². The Morgan fingerprint density at radius 3 is 2.26 bits per heavy atom. The number of carbonyl (C=O) groups is 1. The van der Waals surface area contributed by atoms with Gasteiger partial charge in [-0.25, -0.2) is 13.1 Å². The Bertz CT molecular complexity index is 567. The first-order valence-electron chi connectivity index (χ1n) is 5.45. The normalized spacial score (nSPS) is 11.0. The SMILES string of the molecule is CNS(=O)(=O)CCNC(=O)c1ccc(C(N)=S)cc1. The first kappa shape index (κ1) is 15.5. The molecule has 1 amide bonds. The maximum atomic E-state index is 11.7. The summed E-state index contributed by atoms with van der Waals surface area (Å²) in [6, 6.07) is 6.44. The summed E-state index contributed by atoms with van der Waals surface area (Å²) in [7, 11) is -1.99. The third-order valence-corrected chi connectivity index (χ3v) is 4.00. The van der Waals surface area contributed by atoms with E-state index in [4.69, 9.17) is 18.0 Å². The van der Waals surface area contributed by atoms with Crippen LogP contribution < -0.4 is 15.8 Å². The summed E-state index contributed by atoms with van der Waals surface area (Å²) >= 11 is 4.80. The third kappa shape index (κ3) is 4.93. The van der Waals surface area contributed by atoms with Gasteiger partial charge in [-0.3, -0.25) is 4.79 Å². The van der Waals surface area contributed by atoms with Gasteiger partial charge in [0.15, 0.2) is 0 Å². The lowest BCUT2D eigenvalue weighted by Crippen LogP contribution is -2.32. The van der Waals surface area contributed by atoms with Crippen LogP contribution in [-0.2, 0) is 10.0 Å². The lowest BCUT2D eigenvalue weighted by molar-refractivity contribution is 0.0956. The van der Waals surface area contributed by atoms with Crippen LogP contribution in [0.15, 0.2) is 24.3 Å². The largest absolute Gasteiger partial charge is 0.389 e. The van der Waals surface area contributed by atoms with E-state index in [2.05, 4.69) is 10.0 Å². The second kappa shape index (κ2) is 6.60. The fraction of sp³-hybridized carbons (Fsp3) is 0.273. The van der Waals surface area contributed by atoms with Crippen molar-refractivity contribution < 1.29 is 13.2 Å². The van der Waals surface area contributed by atoms with Crippen molar-refractivity contribution in [3.8, 4) is 0 Å². The summed E-state index contributed by atoms with van der Waals surface area (Å²) in [5.74, 6) is -0.513. The van der Waals surface area contributed by atoms with Gasteiger partial charge in [0.1, 0.15) is 4.99 Å². The minimum Gasteiger partial charge on any atom is -0.389 e. The van der Waals surface area contributed by atoms with Crippen molar-refractivity contribution in [2.45, 2.75) is 0 Å². The molecule has 0 radical (unpaired) electrons. The first-order valence-corrected chi connectivity index (χ1v) is 7.51. The highest BCUT2D eigenvalue weighted by Gasteiger charge is 2.09. The van der Waals surface area contributed by atoms with E-state index in [1.54, 1.807) is 24.3 Å². The van der Waals surface area contributed by atoms with Crippen LogP contribution in [0.4, 0.5) is 0 Å². The van der Waals surface area contributed by atoms with Crippen LogP contribution in [0, 0.1) is 0 Å². The van der Waals surface area contributed by atoms with E-state index < -0.39 is 10.0 Å². The molecular weight excluding hydrogens is 286 g/mol. The zero-order chi connectivity index (χ0) is 14.5. The molecular formula is C11H15N3O3S2. The van der Waals surface area contributed by atoms with E-state index in [1.807, 2.05) is 0 Å². The molecule has 0 aromatic heterocycles. The minimum atomic E-state index is -3.31. The molecule has 1 rings (SSSR count). The van der Waals surface area contributed by atoms with Gasteiger partial charge in [0, 0.05) is 17.7 Å². The number of amides is 1. The summed E-state index contributed by atoms with van der Waals surface area (Å²) < 4.78 is 24.5. The van der Waals surface area contributed by atoms with E-state index in [1.165, 1.54) is 7.05 Å². The van der Waals surface area contributed by atoms with E-state index >= 15 is 0 Å². The zero-order valence-corrected chi connectivity index (χ0v) is 12.0. The molecule has 104 valence electrons. The van der Waals surface area contributed by atoms with Crippen molar-refractivity contribution in [2.75, 3.05) is 19.3 Å². The highest BCUT2D eigenvalue weighted by molar-refractivity contribution is 7.89. The van der Waals surface area contributed by atoms with Crippen LogP contribution in [0.25, 0.3) is 0 Å². The predicted molar refractivity (Wildman–Crippen MR) is 77.5 cm³/mol. The van der Waals surface area contributed by atoms with Gasteiger partial charge in [0.05, 0.1) is 5.75 Å². The lowest BCUT2D eigenvalue weighted by Gasteiger charge is -2.06. The molecule has 6 nitrogen and oxygen atoms in total. The van der Waals surface area contributed by atoms with Crippen LogP contribution in [-0.4, -0.2) is 38.7 Å². The second-order valence-corrected chi connectivity index (χ2v) is 6.21. The summed E-state index contributed by atoms with van der Waals surface area (Å²) in [5, 5.41) is 2.52. The highest BCUT2D eigenvalue weighted by atomic mass is 32.2. The molecule has 0 aliphatic rings. The third-order valence-electron chi connectivity index (χ3n) is 2.40. The number of rotatable bonds is 6.